The average molecular weight is 201 g/mol. The molecule has 0 spiro atoms. The molecule has 15 heavy (non-hydrogen) atoms. The zero-order valence-corrected chi connectivity index (χ0v) is 8.37. The maximum atomic E-state index is 11.3. The smallest absolute Gasteiger partial charge is 0.253 e. The fourth-order valence-electron chi connectivity index (χ4n) is 1.23. The van der Waals surface area contributed by atoms with E-state index in [0.29, 0.717) is 11.5 Å². The second-order valence-electron chi connectivity index (χ2n) is 3.34. The molecule has 4 nitrogen and oxygen atoms in total. The topological polar surface area (TPSA) is 57.8 Å². The van der Waals surface area contributed by atoms with Crippen LogP contribution in [-0.4, -0.2) is 15.9 Å². The van der Waals surface area contributed by atoms with E-state index in [0.717, 1.165) is 11.0 Å². The molecule has 1 heterocycles. The summed E-state index contributed by atoms with van der Waals surface area (Å²) in [5.41, 5.74) is 2.18. The highest BCUT2D eigenvalue weighted by Gasteiger charge is 2.06. The SMILES string of the molecule is C=C(C)C(=O)Nc1nc2ccccc2[nH]1. The molecule has 2 rings (SSSR count). The number of hydrogen-bond donors (Lipinski definition) is 2. The zero-order chi connectivity index (χ0) is 10.8. The number of anilines is 1. The number of fused-ring (bicyclic) bond motifs is 1. The highest BCUT2D eigenvalue weighted by atomic mass is 16.1. The summed E-state index contributed by atoms with van der Waals surface area (Å²) in [6.45, 7) is 5.20. The van der Waals surface area contributed by atoms with E-state index in [1.807, 2.05) is 24.3 Å². The number of nitrogens with zero attached hydrogens (tertiary/aromatic N) is 1. The fraction of sp³-hybridized carbons (Fsp3) is 0.0909. The first-order valence-electron chi connectivity index (χ1n) is 4.58. The van der Waals surface area contributed by atoms with Gasteiger partial charge in [-0.05, 0) is 19.1 Å². The van der Waals surface area contributed by atoms with Crippen molar-refractivity contribution in [2.75, 3.05) is 5.32 Å². The van der Waals surface area contributed by atoms with Gasteiger partial charge in [-0.1, -0.05) is 18.7 Å². The minimum Gasteiger partial charge on any atom is -0.324 e. The van der Waals surface area contributed by atoms with Crippen LogP contribution < -0.4 is 5.32 Å². The summed E-state index contributed by atoms with van der Waals surface area (Å²) in [5, 5.41) is 2.63. The molecule has 1 amide bonds. The number of rotatable bonds is 2. The molecule has 0 aliphatic carbocycles. The minimum atomic E-state index is -0.228. The Hall–Kier alpha value is -2.10. The van der Waals surface area contributed by atoms with E-state index in [1.54, 1.807) is 6.92 Å². The molecule has 0 unspecified atom stereocenters. The van der Waals surface area contributed by atoms with Crippen LogP contribution in [-0.2, 0) is 4.79 Å². The number of benzene rings is 1. The summed E-state index contributed by atoms with van der Waals surface area (Å²) < 4.78 is 0. The van der Waals surface area contributed by atoms with Gasteiger partial charge in [0.25, 0.3) is 5.91 Å². The van der Waals surface area contributed by atoms with Crippen molar-refractivity contribution < 1.29 is 4.79 Å². The predicted molar refractivity (Wildman–Crippen MR) is 59.5 cm³/mol. The summed E-state index contributed by atoms with van der Waals surface area (Å²) >= 11 is 0. The van der Waals surface area contributed by atoms with Crippen LogP contribution in [0.15, 0.2) is 36.4 Å². The number of carbonyl (C=O) groups excluding carboxylic acids is 1. The Morgan fingerprint density at radius 2 is 2.20 bits per heavy atom. The number of imidazole rings is 1. The zero-order valence-electron chi connectivity index (χ0n) is 8.37. The van der Waals surface area contributed by atoms with Gasteiger partial charge in [0, 0.05) is 5.57 Å². The lowest BCUT2D eigenvalue weighted by Gasteiger charge is -1.98. The van der Waals surface area contributed by atoms with Crippen molar-refractivity contribution in [3.05, 3.63) is 36.4 Å². The van der Waals surface area contributed by atoms with Gasteiger partial charge >= 0.3 is 0 Å². The van der Waals surface area contributed by atoms with Gasteiger partial charge in [0.15, 0.2) is 0 Å². The number of carbonyl (C=O) groups is 1. The molecule has 0 fully saturated rings. The van der Waals surface area contributed by atoms with Crippen molar-refractivity contribution in [1.29, 1.82) is 0 Å². The van der Waals surface area contributed by atoms with E-state index in [4.69, 9.17) is 0 Å². The monoisotopic (exact) mass is 201 g/mol. The van der Waals surface area contributed by atoms with Gasteiger partial charge in [-0.15, -0.1) is 0 Å². The first kappa shape index (κ1) is 9.45. The molecular formula is C11H11N3O. The normalized spacial score (nSPS) is 10.2. The average Bonchev–Trinajstić information content (AvgIpc) is 2.59. The third-order valence-electron chi connectivity index (χ3n) is 2.01. The van der Waals surface area contributed by atoms with E-state index in [2.05, 4.69) is 21.9 Å². The minimum absolute atomic E-state index is 0.228. The van der Waals surface area contributed by atoms with Crippen LogP contribution in [0.2, 0.25) is 0 Å². The van der Waals surface area contributed by atoms with Gasteiger partial charge in [-0.2, -0.15) is 0 Å². The van der Waals surface area contributed by atoms with E-state index < -0.39 is 0 Å². The Bertz CT molecular complexity index is 494. The molecule has 0 aliphatic rings. The first-order valence-corrected chi connectivity index (χ1v) is 4.58. The first-order chi connectivity index (χ1) is 7.16. The molecule has 0 atom stereocenters. The molecule has 2 aromatic rings. The predicted octanol–water partition coefficient (Wildman–Crippen LogP) is 2.08. The number of amides is 1. The molecule has 0 saturated carbocycles. The molecule has 1 aromatic heterocycles. The van der Waals surface area contributed by atoms with Crippen LogP contribution in [0.4, 0.5) is 5.95 Å². The molecule has 76 valence electrons. The third kappa shape index (κ3) is 1.88. The molecule has 0 aliphatic heterocycles. The molecule has 4 heteroatoms. The van der Waals surface area contributed by atoms with Crippen LogP contribution >= 0.6 is 0 Å². The lowest BCUT2D eigenvalue weighted by molar-refractivity contribution is -0.112. The number of para-hydroxylation sites is 2. The van der Waals surface area contributed by atoms with Crippen molar-refractivity contribution in [1.82, 2.24) is 9.97 Å². The second-order valence-corrected chi connectivity index (χ2v) is 3.34. The summed E-state index contributed by atoms with van der Waals surface area (Å²) in [7, 11) is 0. The molecular weight excluding hydrogens is 190 g/mol. The largest absolute Gasteiger partial charge is 0.324 e. The Morgan fingerprint density at radius 3 is 2.87 bits per heavy atom. The van der Waals surface area contributed by atoms with Crippen molar-refractivity contribution in [3.63, 3.8) is 0 Å². The van der Waals surface area contributed by atoms with Gasteiger partial charge in [0.05, 0.1) is 11.0 Å². The molecule has 0 saturated heterocycles. The summed E-state index contributed by atoms with van der Waals surface area (Å²) in [5.74, 6) is 0.221. The fourth-order valence-corrected chi connectivity index (χ4v) is 1.23. The van der Waals surface area contributed by atoms with Crippen LogP contribution in [0.1, 0.15) is 6.92 Å². The number of aromatic amines is 1. The van der Waals surface area contributed by atoms with Crippen LogP contribution in [0, 0.1) is 0 Å². The Balaban J connectivity index is 2.30. The second kappa shape index (κ2) is 3.57. The van der Waals surface area contributed by atoms with Gasteiger partial charge in [0.1, 0.15) is 0 Å². The van der Waals surface area contributed by atoms with Crippen molar-refractivity contribution in [2.45, 2.75) is 6.92 Å². The standard InChI is InChI=1S/C11H11N3O/c1-7(2)10(15)14-11-12-8-5-3-4-6-9(8)13-11/h3-6H,1H2,2H3,(H2,12,13,14,15). The van der Waals surface area contributed by atoms with Crippen LogP contribution in [0.25, 0.3) is 11.0 Å². The highest BCUT2D eigenvalue weighted by Crippen LogP contribution is 2.13. The van der Waals surface area contributed by atoms with Crippen LogP contribution in [0.3, 0.4) is 0 Å². The number of H-pyrrole nitrogens is 1. The van der Waals surface area contributed by atoms with E-state index in [-0.39, 0.29) is 5.91 Å². The lowest BCUT2D eigenvalue weighted by Crippen LogP contribution is -2.12. The van der Waals surface area contributed by atoms with Crippen molar-refractivity contribution in [3.8, 4) is 0 Å². The van der Waals surface area contributed by atoms with E-state index in [9.17, 15) is 4.79 Å². The Labute approximate surface area is 87.0 Å². The Kier molecular flexibility index (Phi) is 2.25. The lowest BCUT2D eigenvalue weighted by atomic mass is 10.3. The maximum absolute atomic E-state index is 11.3. The molecule has 0 bridgehead atoms. The Morgan fingerprint density at radius 1 is 1.47 bits per heavy atom. The molecule has 1 aromatic carbocycles. The van der Waals surface area contributed by atoms with Gasteiger partial charge < -0.3 is 4.98 Å². The number of aromatic nitrogens is 2. The van der Waals surface area contributed by atoms with Gasteiger partial charge in [-0.3, -0.25) is 10.1 Å². The highest BCUT2D eigenvalue weighted by molar-refractivity contribution is 6.02. The quantitative estimate of drug-likeness (QED) is 0.731. The van der Waals surface area contributed by atoms with Gasteiger partial charge in [-0.25, -0.2) is 4.98 Å². The van der Waals surface area contributed by atoms with E-state index in [1.165, 1.54) is 0 Å². The third-order valence-corrected chi connectivity index (χ3v) is 2.01. The number of nitrogens with one attached hydrogen (secondary N) is 2. The summed E-state index contributed by atoms with van der Waals surface area (Å²) in [4.78, 5) is 18.5. The van der Waals surface area contributed by atoms with Crippen molar-refractivity contribution in [2.24, 2.45) is 0 Å². The van der Waals surface area contributed by atoms with Crippen molar-refractivity contribution >= 4 is 22.9 Å². The number of hydrogen-bond acceptors (Lipinski definition) is 2. The summed E-state index contributed by atoms with van der Waals surface area (Å²) in [6.07, 6.45) is 0. The molecule has 2 N–H and O–H groups in total. The van der Waals surface area contributed by atoms with Crippen LogP contribution in [0.5, 0.6) is 0 Å². The van der Waals surface area contributed by atoms with Gasteiger partial charge in [0.2, 0.25) is 5.95 Å². The molecule has 0 radical (unpaired) electrons. The van der Waals surface area contributed by atoms with E-state index >= 15 is 0 Å². The summed E-state index contributed by atoms with van der Waals surface area (Å²) in [6, 6.07) is 7.58. The maximum Gasteiger partial charge on any atom is 0.253 e.